The number of hydrogen-bond donors (Lipinski definition) is 3. The van der Waals surface area contributed by atoms with E-state index in [9.17, 15) is 4.79 Å². The Balaban J connectivity index is 1.44. The van der Waals surface area contributed by atoms with Gasteiger partial charge >= 0.3 is 6.03 Å². The largest absolute Gasteiger partial charge is 0.337 e. The van der Waals surface area contributed by atoms with Gasteiger partial charge in [-0.3, -0.25) is 0 Å². The minimum absolute atomic E-state index is 0.183. The number of amides is 2. The number of benzene rings is 3. The molecule has 0 saturated heterocycles. The summed E-state index contributed by atoms with van der Waals surface area (Å²) in [6.07, 6.45) is 6.09. The van der Waals surface area contributed by atoms with Gasteiger partial charge in [0.05, 0.1) is 0 Å². The number of urea groups is 1. The van der Waals surface area contributed by atoms with Crippen molar-refractivity contribution in [2.75, 3.05) is 18.4 Å². The average molecular weight is 511 g/mol. The first-order valence-electron chi connectivity index (χ1n) is 12.4. The summed E-state index contributed by atoms with van der Waals surface area (Å²) >= 11 is 12.1. The molecule has 0 spiro atoms. The lowest BCUT2D eigenvalue weighted by Crippen LogP contribution is -2.34. The quantitative estimate of drug-likeness (QED) is 0.275. The number of hydrogen-bond acceptors (Lipinski definition) is 2. The van der Waals surface area contributed by atoms with Crippen LogP contribution in [0.5, 0.6) is 0 Å². The minimum Gasteiger partial charge on any atom is -0.337 e. The van der Waals surface area contributed by atoms with Crippen molar-refractivity contribution in [2.45, 2.75) is 51.0 Å². The second kappa shape index (κ2) is 12.4. The zero-order valence-electron chi connectivity index (χ0n) is 20.1. The van der Waals surface area contributed by atoms with E-state index in [-0.39, 0.29) is 11.9 Å². The molecule has 3 N–H and O–H groups in total. The van der Waals surface area contributed by atoms with Crippen LogP contribution in [0.3, 0.4) is 0 Å². The highest BCUT2D eigenvalue weighted by Gasteiger charge is 2.17. The molecule has 4 rings (SSSR count). The minimum atomic E-state index is -0.272. The maximum atomic E-state index is 12.7. The SMILES string of the molecule is Cc1ccc(-c2cccc(C(CCNC3CCCC3)CNC(=O)Nc3cc(Cl)cc(Cl)c3)c2)cc1. The van der Waals surface area contributed by atoms with Crippen LogP contribution >= 0.6 is 23.2 Å². The van der Waals surface area contributed by atoms with Gasteiger partial charge in [0.15, 0.2) is 0 Å². The number of nitrogens with one attached hydrogen (secondary N) is 3. The van der Waals surface area contributed by atoms with E-state index in [1.165, 1.54) is 47.9 Å². The van der Waals surface area contributed by atoms with E-state index in [1.807, 2.05) is 0 Å². The lowest BCUT2D eigenvalue weighted by molar-refractivity contribution is 0.251. The highest BCUT2D eigenvalue weighted by Crippen LogP contribution is 2.27. The molecular formula is C29H33Cl2N3O. The van der Waals surface area contributed by atoms with Gasteiger partial charge in [0.1, 0.15) is 0 Å². The molecule has 0 aromatic heterocycles. The Morgan fingerprint density at radius 1 is 0.943 bits per heavy atom. The predicted molar refractivity (Wildman–Crippen MR) is 148 cm³/mol. The molecule has 3 aromatic carbocycles. The highest BCUT2D eigenvalue weighted by atomic mass is 35.5. The first-order valence-corrected chi connectivity index (χ1v) is 13.1. The van der Waals surface area contributed by atoms with Gasteiger partial charge in [-0.25, -0.2) is 4.79 Å². The molecule has 4 nitrogen and oxygen atoms in total. The van der Waals surface area contributed by atoms with Crippen molar-refractivity contribution in [3.63, 3.8) is 0 Å². The smallest absolute Gasteiger partial charge is 0.319 e. The summed E-state index contributed by atoms with van der Waals surface area (Å²) in [4.78, 5) is 12.7. The second-order valence-corrected chi connectivity index (χ2v) is 10.3. The van der Waals surface area contributed by atoms with Crippen LogP contribution in [-0.2, 0) is 0 Å². The average Bonchev–Trinajstić information content (AvgIpc) is 3.35. The van der Waals surface area contributed by atoms with Crippen molar-refractivity contribution in [3.05, 3.63) is 87.9 Å². The highest BCUT2D eigenvalue weighted by molar-refractivity contribution is 6.35. The summed E-state index contributed by atoms with van der Waals surface area (Å²) in [5.74, 6) is 0.183. The van der Waals surface area contributed by atoms with Crippen molar-refractivity contribution in [1.82, 2.24) is 10.6 Å². The zero-order chi connectivity index (χ0) is 24.6. The zero-order valence-corrected chi connectivity index (χ0v) is 21.6. The number of carbonyl (C=O) groups is 1. The lowest BCUT2D eigenvalue weighted by atomic mass is 9.92. The van der Waals surface area contributed by atoms with Gasteiger partial charge in [0, 0.05) is 34.2 Å². The fourth-order valence-corrected chi connectivity index (χ4v) is 5.24. The molecule has 1 atom stereocenters. The Morgan fingerprint density at radius 3 is 2.37 bits per heavy atom. The van der Waals surface area contributed by atoms with Gasteiger partial charge in [-0.1, -0.05) is 90.1 Å². The van der Waals surface area contributed by atoms with Gasteiger partial charge in [0.25, 0.3) is 0 Å². The van der Waals surface area contributed by atoms with Crippen molar-refractivity contribution in [2.24, 2.45) is 0 Å². The van der Waals surface area contributed by atoms with E-state index in [4.69, 9.17) is 23.2 Å². The van der Waals surface area contributed by atoms with E-state index < -0.39 is 0 Å². The number of aryl methyl sites for hydroxylation is 1. The standard InChI is InChI=1S/C29H33Cl2N3O/c1-20-9-11-21(12-10-20)22-5-4-6-23(15-22)24(13-14-32-27-7-2-3-8-27)19-33-29(35)34-28-17-25(30)16-26(31)18-28/h4-6,9-12,15-18,24,27,32H,2-3,7-8,13-14,19H2,1H3,(H2,33,34,35). The number of carbonyl (C=O) groups excluding carboxylic acids is 1. The maximum Gasteiger partial charge on any atom is 0.319 e. The molecule has 2 amide bonds. The Bertz CT molecular complexity index is 1110. The third-order valence-corrected chi connectivity index (χ3v) is 7.09. The third-order valence-electron chi connectivity index (χ3n) is 6.65. The molecule has 0 aliphatic heterocycles. The second-order valence-electron chi connectivity index (χ2n) is 9.41. The van der Waals surface area contributed by atoms with Crippen LogP contribution in [0.15, 0.2) is 66.7 Å². The molecular weight excluding hydrogens is 477 g/mol. The number of anilines is 1. The molecule has 0 bridgehead atoms. The molecule has 6 heteroatoms. The predicted octanol–water partition coefficient (Wildman–Crippen LogP) is 7.80. The fourth-order valence-electron chi connectivity index (χ4n) is 4.71. The molecule has 0 radical (unpaired) electrons. The lowest BCUT2D eigenvalue weighted by Gasteiger charge is -2.21. The van der Waals surface area contributed by atoms with Gasteiger partial charge in [-0.05, 0) is 67.6 Å². The Hall–Kier alpha value is -2.53. The van der Waals surface area contributed by atoms with Crippen molar-refractivity contribution in [3.8, 4) is 11.1 Å². The Morgan fingerprint density at radius 2 is 1.66 bits per heavy atom. The van der Waals surface area contributed by atoms with Crippen molar-refractivity contribution < 1.29 is 4.79 Å². The Labute approximate surface area is 218 Å². The van der Waals surface area contributed by atoms with Crippen LogP contribution in [0.4, 0.5) is 10.5 Å². The van der Waals surface area contributed by atoms with E-state index in [2.05, 4.69) is 71.4 Å². The van der Waals surface area contributed by atoms with E-state index in [1.54, 1.807) is 18.2 Å². The topological polar surface area (TPSA) is 53.2 Å². The molecule has 184 valence electrons. The number of rotatable bonds is 9. The van der Waals surface area contributed by atoms with Gasteiger partial charge in [-0.2, -0.15) is 0 Å². The van der Waals surface area contributed by atoms with E-state index >= 15 is 0 Å². The first kappa shape index (κ1) is 25.6. The summed E-state index contributed by atoms with van der Waals surface area (Å²) < 4.78 is 0. The summed E-state index contributed by atoms with van der Waals surface area (Å²) in [5.41, 5.74) is 5.43. The fraction of sp³-hybridized carbons (Fsp3) is 0.345. The van der Waals surface area contributed by atoms with Gasteiger partial charge in [-0.15, -0.1) is 0 Å². The third kappa shape index (κ3) is 7.73. The monoisotopic (exact) mass is 509 g/mol. The van der Waals surface area contributed by atoms with Crippen LogP contribution in [0.2, 0.25) is 10.0 Å². The summed E-state index contributed by atoms with van der Waals surface area (Å²) in [6, 6.07) is 22.6. The Kier molecular flexibility index (Phi) is 9.08. The maximum absolute atomic E-state index is 12.7. The van der Waals surface area contributed by atoms with Gasteiger partial charge < -0.3 is 16.0 Å². The van der Waals surface area contributed by atoms with Crippen molar-refractivity contribution in [1.29, 1.82) is 0 Å². The summed E-state index contributed by atoms with van der Waals surface area (Å²) in [7, 11) is 0. The van der Waals surface area contributed by atoms with Crippen molar-refractivity contribution >= 4 is 34.9 Å². The van der Waals surface area contributed by atoms with Crippen LogP contribution in [-0.4, -0.2) is 25.2 Å². The van der Waals surface area contributed by atoms with Crippen LogP contribution < -0.4 is 16.0 Å². The molecule has 1 unspecified atom stereocenters. The molecule has 3 aromatic rings. The molecule has 1 fully saturated rings. The molecule has 1 aliphatic rings. The van der Waals surface area contributed by atoms with Crippen LogP contribution in [0, 0.1) is 6.92 Å². The molecule has 1 saturated carbocycles. The first-order chi connectivity index (χ1) is 17.0. The number of halogens is 2. The van der Waals surface area contributed by atoms with Crippen LogP contribution in [0.25, 0.3) is 11.1 Å². The van der Waals surface area contributed by atoms with E-state index in [0.717, 1.165) is 13.0 Å². The molecule has 1 aliphatic carbocycles. The van der Waals surface area contributed by atoms with Crippen LogP contribution in [0.1, 0.15) is 49.1 Å². The normalized spacial score (nSPS) is 14.6. The van der Waals surface area contributed by atoms with E-state index in [0.29, 0.717) is 28.3 Å². The summed E-state index contributed by atoms with van der Waals surface area (Å²) in [6.45, 7) is 3.56. The van der Waals surface area contributed by atoms with Gasteiger partial charge in [0.2, 0.25) is 0 Å². The summed E-state index contributed by atoms with van der Waals surface area (Å²) in [5, 5.41) is 10.6. The molecule has 35 heavy (non-hydrogen) atoms. The molecule has 0 heterocycles.